The van der Waals surface area contributed by atoms with Crippen LogP contribution in [0, 0.1) is 5.92 Å². The smallest absolute Gasteiger partial charge is 0.148 e. The lowest BCUT2D eigenvalue weighted by molar-refractivity contribution is -0.940. The van der Waals surface area contributed by atoms with Gasteiger partial charge in [0, 0.05) is 35.7 Å². The SMILES string of the molecule is C/C=C1/C[N+]2(CC)CCC34C(=C(C=O)[C@H]1C[C@@H]32)Nc1ccccc14.[Br-]. The van der Waals surface area contributed by atoms with Gasteiger partial charge in [-0.3, -0.25) is 4.79 Å². The molecule has 0 saturated carbocycles. The maximum absolute atomic E-state index is 12.1. The molecule has 0 amide bonds. The Bertz CT molecular complexity index is 814. The van der Waals surface area contributed by atoms with Crippen molar-refractivity contribution >= 4 is 12.0 Å². The number of carbonyl (C=O) groups is 1. The van der Waals surface area contributed by atoms with Gasteiger partial charge in [-0.25, -0.2) is 0 Å². The molecule has 132 valence electrons. The third-order valence-corrected chi connectivity index (χ3v) is 7.49. The van der Waals surface area contributed by atoms with Gasteiger partial charge in [0.1, 0.15) is 18.9 Å². The second-order valence-corrected chi connectivity index (χ2v) is 7.92. The molecule has 3 aliphatic heterocycles. The van der Waals surface area contributed by atoms with Gasteiger partial charge in [-0.15, -0.1) is 0 Å². The molecule has 1 aliphatic carbocycles. The quantitative estimate of drug-likeness (QED) is 0.442. The fraction of sp³-hybridized carbons (Fsp3) is 0.476. The molecule has 4 aliphatic rings. The molecule has 1 N–H and O–H groups in total. The number of carbonyl (C=O) groups excluding carboxylic acids is 1. The van der Waals surface area contributed by atoms with Crippen molar-refractivity contribution in [3.05, 3.63) is 52.7 Å². The zero-order chi connectivity index (χ0) is 16.5. The van der Waals surface area contributed by atoms with E-state index in [0.717, 1.165) is 31.2 Å². The lowest BCUT2D eigenvalue weighted by atomic mass is 9.61. The minimum Gasteiger partial charge on any atom is -1.00 e. The summed E-state index contributed by atoms with van der Waals surface area (Å²) in [4.78, 5) is 12.1. The van der Waals surface area contributed by atoms with Crippen LogP contribution in [0.25, 0.3) is 0 Å². The number of hydrogen-bond donors (Lipinski definition) is 1. The molecule has 2 bridgehead atoms. The fourth-order valence-corrected chi connectivity index (χ4v) is 6.37. The molecule has 2 fully saturated rings. The van der Waals surface area contributed by atoms with E-state index in [1.165, 1.54) is 40.1 Å². The van der Waals surface area contributed by atoms with Gasteiger partial charge in [0.25, 0.3) is 0 Å². The first-order valence-electron chi connectivity index (χ1n) is 9.27. The lowest BCUT2D eigenvalue weighted by Gasteiger charge is -2.53. The van der Waals surface area contributed by atoms with Crippen molar-refractivity contribution in [3.8, 4) is 0 Å². The van der Waals surface area contributed by atoms with Crippen molar-refractivity contribution in [2.24, 2.45) is 5.92 Å². The van der Waals surface area contributed by atoms with Gasteiger partial charge >= 0.3 is 0 Å². The number of rotatable bonds is 2. The van der Waals surface area contributed by atoms with Crippen molar-refractivity contribution in [2.75, 3.05) is 25.0 Å². The summed E-state index contributed by atoms with van der Waals surface area (Å²) in [6.07, 6.45) is 5.70. The summed E-state index contributed by atoms with van der Waals surface area (Å²) in [5, 5.41) is 3.68. The van der Waals surface area contributed by atoms with E-state index in [1.807, 2.05) is 0 Å². The molecule has 4 heteroatoms. The van der Waals surface area contributed by atoms with Crippen LogP contribution in [0.3, 0.4) is 0 Å². The van der Waals surface area contributed by atoms with E-state index in [2.05, 4.69) is 49.5 Å². The number of hydrogen-bond acceptors (Lipinski definition) is 2. The lowest BCUT2D eigenvalue weighted by Crippen LogP contribution is -3.00. The average Bonchev–Trinajstić information content (AvgIpc) is 3.15. The summed E-state index contributed by atoms with van der Waals surface area (Å²) in [6, 6.07) is 9.33. The Morgan fingerprint density at radius 3 is 2.88 bits per heavy atom. The first kappa shape index (κ1) is 17.0. The number of aldehydes is 1. The van der Waals surface area contributed by atoms with Crippen LogP contribution in [0.2, 0.25) is 0 Å². The highest BCUT2D eigenvalue weighted by Gasteiger charge is 2.67. The molecule has 1 aromatic carbocycles. The number of nitrogens with one attached hydrogen (secondary N) is 1. The number of anilines is 1. The van der Waals surface area contributed by atoms with Gasteiger partial charge in [0.2, 0.25) is 0 Å². The number of likely N-dealkylation sites (N-methyl/N-ethyl adjacent to an activating group) is 1. The molecule has 0 radical (unpaired) electrons. The summed E-state index contributed by atoms with van der Waals surface area (Å²) < 4.78 is 1.20. The number of nitrogens with zero attached hydrogens (tertiary/aromatic N) is 1. The van der Waals surface area contributed by atoms with Gasteiger partial charge < -0.3 is 26.8 Å². The number of halogens is 1. The normalized spacial score (nSPS) is 38.7. The summed E-state index contributed by atoms with van der Waals surface area (Å²) in [7, 11) is 0. The van der Waals surface area contributed by atoms with E-state index < -0.39 is 0 Å². The highest BCUT2D eigenvalue weighted by atomic mass is 79.9. The van der Waals surface area contributed by atoms with Crippen LogP contribution in [0.1, 0.15) is 32.3 Å². The maximum Gasteiger partial charge on any atom is 0.148 e. The third-order valence-electron chi connectivity index (χ3n) is 7.49. The first-order valence-corrected chi connectivity index (χ1v) is 9.27. The monoisotopic (exact) mass is 400 g/mol. The molecule has 25 heavy (non-hydrogen) atoms. The van der Waals surface area contributed by atoms with Crippen molar-refractivity contribution in [1.29, 1.82) is 0 Å². The Morgan fingerprint density at radius 2 is 2.16 bits per heavy atom. The van der Waals surface area contributed by atoms with Crippen LogP contribution in [-0.4, -0.2) is 36.4 Å². The van der Waals surface area contributed by atoms with E-state index in [4.69, 9.17) is 0 Å². The third kappa shape index (κ3) is 1.82. The molecule has 4 atom stereocenters. The van der Waals surface area contributed by atoms with Crippen LogP contribution < -0.4 is 22.3 Å². The minimum absolute atomic E-state index is 0. The molecular formula is C21H25BrN2O. The molecule has 2 unspecified atom stereocenters. The van der Waals surface area contributed by atoms with Crippen LogP contribution in [0.15, 0.2) is 47.2 Å². The highest BCUT2D eigenvalue weighted by Crippen LogP contribution is 2.63. The van der Waals surface area contributed by atoms with Crippen molar-refractivity contribution in [3.63, 3.8) is 0 Å². The van der Waals surface area contributed by atoms with Gasteiger partial charge in [-0.05, 0) is 31.1 Å². The molecule has 5 rings (SSSR count). The number of quaternary nitrogens is 1. The van der Waals surface area contributed by atoms with Gasteiger partial charge in [0.05, 0.1) is 18.5 Å². The Labute approximate surface area is 160 Å². The largest absolute Gasteiger partial charge is 1.00 e. The first-order chi connectivity index (χ1) is 11.7. The second-order valence-electron chi connectivity index (χ2n) is 7.92. The van der Waals surface area contributed by atoms with E-state index in [-0.39, 0.29) is 22.4 Å². The van der Waals surface area contributed by atoms with E-state index in [0.29, 0.717) is 12.0 Å². The number of benzene rings is 1. The molecule has 3 nitrogen and oxygen atoms in total. The van der Waals surface area contributed by atoms with Gasteiger partial charge in [0.15, 0.2) is 0 Å². The topological polar surface area (TPSA) is 29.1 Å². The number of para-hydroxylation sites is 1. The van der Waals surface area contributed by atoms with Crippen molar-refractivity contribution in [1.82, 2.24) is 0 Å². The van der Waals surface area contributed by atoms with Crippen molar-refractivity contribution in [2.45, 2.75) is 38.1 Å². The molecule has 2 saturated heterocycles. The number of piperidine rings is 1. The second kappa shape index (κ2) is 5.55. The number of fused-ring (bicyclic) bond motifs is 2. The zero-order valence-corrected chi connectivity index (χ0v) is 16.5. The zero-order valence-electron chi connectivity index (χ0n) is 14.9. The van der Waals surface area contributed by atoms with E-state index in [1.54, 1.807) is 0 Å². The predicted molar refractivity (Wildman–Crippen MR) is 95.6 cm³/mol. The van der Waals surface area contributed by atoms with E-state index >= 15 is 0 Å². The molecule has 1 aromatic rings. The minimum atomic E-state index is 0. The standard InChI is InChI=1S/C21H24N2O.BrH/c1-3-14-12-23(4-2)10-9-21-17-7-5-6-8-18(17)22-20(21)16(13-24)15(14)11-19(21)23;/h3,5-8,13,15,19H,4,9-12H2,1-2H3;1H/b14-3-;/t15-,19-,21?,23?;/m0./s1. The van der Waals surface area contributed by atoms with Crippen molar-refractivity contribution < 1.29 is 26.3 Å². The van der Waals surface area contributed by atoms with Crippen LogP contribution >= 0.6 is 0 Å². The Kier molecular flexibility index (Phi) is 3.79. The van der Waals surface area contributed by atoms with Crippen LogP contribution in [-0.2, 0) is 10.2 Å². The molecule has 3 heterocycles. The predicted octanol–water partition coefficient (Wildman–Crippen LogP) is 0.396. The average molecular weight is 401 g/mol. The van der Waals surface area contributed by atoms with Gasteiger partial charge in [-0.1, -0.05) is 24.3 Å². The van der Waals surface area contributed by atoms with Crippen LogP contribution in [0.5, 0.6) is 0 Å². The van der Waals surface area contributed by atoms with Crippen LogP contribution in [0.4, 0.5) is 5.69 Å². The highest BCUT2D eigenvalue weighted by molar-refractivity contribution is 5.84. The van der Waals surface area contributed by atoms with Gasteiger partial charge in [-0.2, -0.15) is 0 Å². The summed E-state index contributed by atoms with van der Waals surface area (Å²) in [5.74, 6) is 0.318. The van der Waals surface area contributed by atoms with E-state index in [9.17, 15) is 4.79 Å². The molecular weight excluding hydrogens is 376 g/mol. The summed E-state index contributed by atoms with van der Waals surface area (Å²) >= 11 is 0. The number of allylic oxidation sites excluding steroid dienone is 2. The Balaban J connectivity index is 0.00000157. The molecule has 1 spiro atoms. The molecule has 0 aromatic heterocycles. The summed E-state index contributed by atoms with van der Waals surface area (Å²) in [5.41, 5.74) is 6.41. The maximum atomic E-state index is 12.1. The summed E-state index contributed by atoms with van der Waals surface area (Å²) in [6.45, 7) is 8.01. The Hall–Kier alpha value is -1.39. The fourth-order valence-electron chi connectivity index (χ4n) is 6.37. The Morgan fingerprint density at radius 1 is 1.36 bits per heavy atom.